The van der Waals surface area contributed by atoms with Crippen LogP contribution in [0.15, 0.2) is 12.1 Å². The molecule has 2 rings (SSSR count). The van der Waals surface area contributed by atoms with Gasteiger partial charge in [-0.3, -0.25) is 4.79 Å². The van der Waals surface area contributed by atoms with Crippen LogP contribution in [-0.4, -0.2) is 13.0 Å². The second kappa shape index (κ2) is 3.22. The first-order chi connectivity index (χ1) is 6.65. The van der Waals surface area contributed by atoms with E-state index >= 15 is 0 Å². The normalized spacial score (nSPS) is 19.4. The molecule has 1 unspecified atom stereocenters. The SMILES string of the molecule is CNC1C(=O)Nc2c(Cl)ccc(F)c21. The number of halogens is 2. The maximum Gasteiger partial charge on any atom is 0.246 e. The Morgan fingerprint density at radius 2 is 2.29 bits per heavy atom. The molecule has 1 aliphatic heterocycles. The van der Waals surface area contributed by atoms with E-state index in [1.54, 1.807) is 7.05 Å². The van der Waals surface area contributed by atoms with Gasteiger partial charge >= 0.3 is 0 Å². The van der Waals surface area contributed by atoms with Gasteiger partial charge in [-0.2, -0.15) is 0 Å². The van der Waals surface area contributed by atoms with Crippen molar-refractivity contribution < 1.29 is 9.18 Å². The highest BCUT2D eigenvalue weighted by Crippen LogP contribution is 2.37. The topological polar surface area (TPSA) is 41.1 Å². The van der Waals surface area contributed by atoms with Gasteiger partial charge in [0.1, 0.15) is 11.9 Å². The summed E-state index contributed by atoms with van der Waals surface area (Å²) in [6.07, 6.45) is 0. The average molecular weight is 215 g/mol. The van der Waals surface area contributed by atoms with Gasteiger partial charge in [0.15, 0.2) is 0 Å². The largest absolute Gasteiger partial charge is 0.323 e. The van der Waals surface area contributed by atoms with Crippen LogP contribution in [0.4, 0.5) is 10.1 Å². The molecule has 1 aliphatic rings. The molecule has 5 heteroatoms. The fraction of sp³-hybridized carbons (Fsp3) is 0.222. The van der Waals surface area contributed by atoms with Gasteiger partial charge in [0.2, 0.25) is 5.91 Å². The van der Waals surface area contributed by atoms with Crippen LogP contribution >= 0.6 is 11.6 Å². The first-order valence-corrected chi connectivity index (χ1v) is 4.49. The smallest absolute Gasteiger partial charge is 0.246 e. The van der Waals surface area contributed by atoms with Crippen LogP contribution in [-0.2, 0) is 4.79 Å². The zero-order valence-electron chi connectivity index (χ0n) is 7.40. The number of rotatable bonds is 1. The summed E-state index contributed by atoms with van der Waals surface area (Å²) in [5.41, 5.74) is 0.668. The maximum absolute atomic E-state index is 13.4. The first kappa shape index (κ1) is 9.43. The van der Waals surface area contributed by atoms with Crippen molar-refractivity contribution in [3.63, 3.8) is 0 Å². The third-order valence-electron chi connectivity index (χ3n) is 2.23. The van der Waals surface area contributed by atoms with Gasteiger partial charge in [0.05, 0.1) is 10.7 Å². The number of amides is 1. The monoisotopic (exact) mass is 214 g/mol. The minimum absolute atomic E-state index is 0.283. The van der Waals surface area contributed by atoms with Gasteiger partial charge < -0.3 is 10.6 Å². The van der Waals surface area contributed by atoms with Crippen LogP contribution in [0.1, 0.15) is 11.6 Å². The van der Waals surface area contributed by atoms with Crippen molar-refractivity contribution in [1.29, 1.82) is 0 Å². The quantitative estimate of drug-likeness (QED) is 0.747. The van der Waals surface area contributed by atoms with Crippen molar-refractivity contribution in [3.8, 4) is 0 Å². The third kappa shape index (κ3) is 1.19. The number of hydrogen-bond donors (Lipinski definition) is 2. The van der Waals surface area contributed by atoms with Crippen molar-refractivity contribution in [2.24, 2.45) is 0 Å². The molecule has 0 saturated carbocycles. The van der Waals surface area contributed by atoms with E-state index in [0.29, 0.717) is 16.3 Å². The lowest BCUT2D eigenvalue weighted by atomic mass is 10.1. The van der Waals surface area contributed by atoms with Gasteiger partial charge in [0, 0.05) is 5.56 Å². The van der Waals surface area contributed by atoms with Crippen LogP contribution in [0.2, 0.25) is 5.02 Å². The lowest BCUT2D eigenvalue weighted by molar-refractivity contribution is -0.117. The molecule has 0 saturated heterocycles. The highest BCUT2D eigenvalue weighted by atomic mass is 35.5. The molecule has 0 spiro atoms. The number of hydrogen-bond acceptors (Lipinski definition) is 2. The lowest BCUT2D eigenvalue weighted by Crippen LogP contribution is -2.24. The Kier molecular flexibility index (Phi) is 2.17. The highest BCUT2D eigenvalue weighted by Gasteiger charge is 2.33. The summed E-state index contributed by atoms with van der Waals surface area (Å²) in [7, 11) is 1.60. The van der Waals surface area contributed by atoms with Crippen molar-refractivity contribution in [2.45, 2.75) is 6.04 Å². The molecule has 1 heterocycles. The number of fused-ring (bicyclic) bond motifs is 1. The first-order valence-electron chi connectivity index (χ1n) is 4.11. The number of nitrogens with one attached hydrogen (secondary N) is 2. The fourth-order valence-electron chi connectivity index (χ4n) is 1.58. The van der Waals surface area contributed by atoms with Crippen molar-refractivity contribution in [1.82, 2.24) is 5.32 Å². The van der Waals surface area contributed by atoms with Crippen LogP contribution < -0.4 is 10.6 Å². The van der Waals surface area contributed by atoms with E-state index in [-0.39, 0.29) is 5.91 Å². The number of benzene rings is 1. The zero-order valence-corrected chi connectivity index (χ0v) is 8.15. The molecule has 74 valence electrons. The molecule has 0 aromatic heterocycles. The van der Waals surface area contributed by atoms with E-state index in [9.17, 15) is 9.18 Å². The molecule has 0 fully saturated rings. The predicted octanol–water partition coefficient (Wildman–Crippen LogP) is 1.69. The minimum Gasteiger partial charge on any atom is -0.323 e. The van der Waals surface area contributed by atoms with Gasteiger partial charge in [-0.25, -0.2) is 4.39 Å². The number of carbonyl (C=O) groups is 1. The Bertz CT molecular complexity index is 408. The minimum atomic E-state index is -0.649. The molecule has 14 heavy (non-hydrogen) atoms. The van der Waals surface area contributed by atoms with Gasteiger partial charge in [0.25, 0.3) is 0 Å². The number of likely N-dealkylation sites (N-methyl/N-ethyl adjacent to an activating group) is 1. The molecule has 2 N–H and O–H groups in total. The van der Waals surface area contributed by atoms with Crippen molar-refractivity contribution in [3.05, 3.63) is 28.5 Å². The summed E-state index contributed by atoms with van der Waals surface area (Å²) in [4.78, 5) is 11.4. The lowest BCUT2D eigenvalue weighted by Gasteiger charge is -2.07. The average Bonchev–Trinajstić information content (AvgIpc) is 2.50. The number of carbonyl (C=O) groups excluding carboxylic acids is 1. The Morgan fingerprint density at radius 3 is 2.93 bits per heavy atom. The third-order valence-corrected chi connectivity index (χ3v) is 2.54. The molecule has 1 atom stereocenters. The summed E-state index contributed by atoms with van der Waals surface area (Å²) in [5, 5.41) is 5.62. The Balaban J connectivity index is 2.62. The summed E-state index contributed by atoms with van der Waals surface area (Å²) in [6, 6.07) is 2.03. The fourth-order valence-corrected chi connectivity index (χ4v) is 1.79. The maximum atomic E-state index is 13.4. The van der Waals surface area contributed by atoms with E-state index < -0.39 is 11.9 Å². The second-order valence-corrected chi connectivity index (χ2v) is 3.44. The summed E-state index contributed by atoms with van der Waals surface area (Å²) in [6.45, 7) is 0. The van der Waals surface area contributed by atoms with E-state index in [0.717, 1.165) is 0 Å². The van der Waals surface area contributed by atoms with Crippen molar-refractivity contribution in [2.75, 3.05) is 12.4 Å². The Hall–Kier alpha value is -1.13. The molecule has 3 nitrogen and oxygen atoms in total. The molecule has 0 aliphatic carbocycles. The zero-order chi connectivity index (χ0) is 10.3. The predicted molar refractivity (Wildman–Crippen MR) is 51.8 cm³/mol. The highest BCUT2D eigenvalue weighted by molar-refractivity contribution is 6.34. The molecular formula is C9H8ClFN2O. The summed E-state index contributed by atoms with van der Waals surface area (Å²) < 4.78 is 13.4. The van der Waals surface area contributed by atoms with Crippen LogP contribution in [0.3, 0.4) is 0 Å². The standard InChI is InChI=1S/C9H8ClFN2O/c1-12-8-6-5(11)3-2-4(10)7(6)13-9(8)14/h2-3,8,12H,1H3,(H,13,14). The van der Waals surface area contributed by atoms with E-state index in [1.807, 2.05) is 0 Å². The Morgan fingerprint density at radius 1 is 1.57 bits per heavy atom. The van der Waals surface area contributed by atoms with Gasteiger partial charge in [-0.15, -0.1) is 0 Å². The van der Waals surface area contributed by atoms with E-state index in [2.05, 4.69) is 10.6 Å². The van der Waals surface area contributed by atoms with E-state index in [1.165, 1.54) is 12.1 Å². The summed E-state index contributed by atoms with van der Waals surface area (Å²) >= 11 is 5.82. The summed E-state index contributed by atoms with van der Waals surface area (Å²) in [5.74, 6) is -0.711. The van der Waals surface area contributed by atoms with Crippen LogP contribution in [0, 0.1) is 5.82 Å². The van der Waals surface area contributed by atoms with Crippen molar-refractivity contribution >= 4 is 23.2 Å². The van der Waals surface area contributed by atoms with Crippen LogP contribution in [0.5, 0.6) is 0 Å². The van der Waals surface area contributed by atoms with Gasteiger partial charge in [-0.05, 0) is 19.2 Å². The molecular weight excluding hydrogens is 207 g/mol. The van der Waals surface area contributed by atoms with E-state index in [4.69, 9.17) is 11.6 Å². The second-order valence-electron chi connectivity index (χ2n) is 3.03. The molecule has 1 aromatic rings. The molecule has 0 radical (unpaired) electrons. The molecule has 1 amide bonds. The molecule has 0 bridgehead atoms. The molecule has 1 aromatic carbocycles. The van der Waals surface area contributed by atoms with Gasteiger partial charge in [-0.1, -0.05) is 11.6 Å². The van der Waals surface area contributed by atoms with Crippen LogP contribution in [0.25, 0.3) is 0 Å². The Labute approximate surface area is 85.3 Å². The number of anilines is 1.